The van der Waals surface area contributed by atoms with Gasteiger partial charge in [0.25, 0.3) is 0 Å². The Bertz CT molecular complexity index is 1110. The third-order valence-corrected chi connectivity index (χ3v) is 5.75. The molecule has 2 heterocycles. The zero-order chi connectivity index (χ0) is 20.5. The zero-order valence-electron chi connectivity index (χ0n) is 15.8. The van der Waals surface area contributed by atoms with Gasteiger partial charge in [-0.15, -0.1) is 11.3 Å². The second-order valence-electron chi connectivity index (χ2n) is 6.34. The molecule has 0 unspecified atom stereocenters. The zero-order valence-corrected chi connectivity index (χ0v) is 17.3. The molecule has 3 aromatic rings. The van der Waals surface area contributed by atoms with Crippen LogP contribution in [0.3, 0.4) is 0 Å². The predicted octanol–water partition coefficient (Wildman–Crippen LogP) is 5.25. The molecule has 1 aromatic heterocycles. The maximum absolute atomic E-state index is 10.6. The minimum Gasteiger partial charge on any atom is -0.510 e. The van der Waals surface area contributed by atoms with E-state index in [9.17, 15) is 5.11 Å². The van der Waals surface area contributed by atoms with Crippen LogP contribution in [-0.4, -0.2) is 36.7 Å². The number of aromatic nitrogens is 1. The van der Waals surface area contributed by atoms with Gasteiger partial charge < -0.3 is 19.5 Å². The lowest BCUT2D eigenvalue weighted by atomic mass is 10.2. The molecule has 1 aliphatic heterocycles. The van der Waals surface area contributed by atoms with E-state index in [-0.39, 0.29) is 18.1 Å². The molecule has 0 bridgehead atoms. The van der Waals surface area contributed by atoms with E-state index < -0.39 is 0 Å². The average Bonchev–Trinajstić information content (AvgIpc) is 3.32. The van der Waals surface area contributed by atoms with Crippen LogP contribution in [0.4, 0.5) is 5.69 Å². The van der Waals surface area contributed by atoms with Gasteiger partial charge in [-0.25, -0.2) is 4.98 Å². The topological polar surface area (TPSA) is 78.7 Å². The Labute approximate surface area is 177 Å². The lowest BCUT2D eigenvalue weighted by Gasteiger charge is -2.21. The molecule has 2 N–H and O–H groups in total. The number of methoxy groups -OCH3 is 2. The molecule has 2 aromatic carbocycles. The summed E-state index contributed by atoms with van der Waals surface area (Å²) >= 11 is 7.34. The molecular formula is C21H18ClN3O3S. The number of hydrogen-bond donors (Lipinski definition) is 2. The van der Waals surface area contributed by atoms with E-state index in [4.69, 9.17) is 26.5 Å². The van der Waals surface area contributed by atoms with E-state index in [2.05, 4.69) is 4.98 Å². The molecule has 1 aliphatic rings. The number of aliphatic hydroxyl groups excluding tert-OH is 1. The first kappa shape index (κ1) is 19.3. The first-order valence-corrected chi connectivity index (χ1v) is 10.00. The maximum atomic E-state index is 10.6. The summed E-state index contributed by atoms with van der Waals surface area (Å²) in [5.41, 5.74) is 2.76. The lowest BCUT2D eigenvalue weighted by Crippen LogP contribution is -2.26. The van der Waals surface area contributed by atoms with Crippen molar-refractivity contribution in [3.8, 4) is 22.8 Å². The van der Waals surface area contributed by atoms with Crippen LogP contribution < -0.4 is 14.4 Å². The van der Waals surface area contributed by atoms with Crippen molar-refractivity contribution in [2.75, 3.05) is 25.7 Å². The normalized spacial score (nSPS) is 13.9. The first-order chi connectivity index (χ1) is 14.0. The number of amidine groups is 1. The molecule has 0 saturated carbocycles. The number of aliphatic hydroxyl groups is 1. The second kappa shape index (κ2) is 7.77. The molecule has 6 nitrogen and oxygen atoms in total. The monoisotopic (exact) mass is 427 g/mol. The number of halogens is 1. The third kappa shape index (κ3) is 3.54. The fourth-order valence-corrected chi connectivity index (χ4v) is 4.18. The number of nitrogens with one attached hydrogen (secondary N) is 1. The van der Waals surface area contributed by atoms with Crippen LogP contribution in [0.1, 0.15) is 5.01 Å². The van der Waals surface area contributed by atoms with E-state index in [0.717, 1.165) is 11.3 Å². The summed E-state index contributed by atoms with van der Waals surface area (Å²) in [6, 6.07) is 12.7. The van der Waals surface area contributed by atoms with Gasteiger partial charge in [-0.05, 0) is 24.3 Å². The van der Waals surface area contributed by atoms with Crippen molar-refractivity contribution in [3.63, 3.8) is 0 Å². The Morgan fingerprint density at radius 1 is 1.14 bits per heavy atom. The van der Waals surface area contributed by atoms with Gasteiger partial charge in [0.15, 0.2) is 0 Å². The number of hydrogen-bond acceptors (Lipinski definition) is 6. The fraction of sp³-hybridized carbons (Fsp3) is 0.143. The molecule has 8 heteroatoms. The highest BCUT2D eigenvalue weighted by atomic mass is 35.5. The molecule has 148 valence electrons. The average molecular weight is 428 g/mol. The molecule has 0 atom stereocenters. The van der Waals surface area contributed by atoms with Gasteiger partial charge >= 0.3 is 0 Å². The minimum atomic E-state index is 0.0943. The predicted molar refractivity (Wildman–Crippen MR) is 117 cm³/mol. The summed E-state index contributed by atoms with van der Waals surface area (Å²) in [6.07, 6.45) is 0. The van der Waals surface area contributed by atoms with E-state index in [1.807, 2.05) is 17.5 Å². The number of nitrogens with zero attached hydrogens (tertiary/aromatic N) is 2. The van der Waals surface area contributed by atoms with Crippen molar-refractivity contribution < 1.29 is 14.6 Å². The summed E-state index contributed by atoms with van der Waals surface area (Å²) in [5, 5.41) is 22.4. The molecule has 0 saturated heterocycles. The van der Waals surface area contributed by atoms with Crippen molar-refractivity contribution in [1.82, 2.24) is 4.98 Å². The van der Waals surface area contributed by atoms with Gasteiger partial charge in [-0.3, -0.25) is 5.41 Å². The van der Waals surface area contributed by atoms with Crippen molar-refractivity contribution in [2.45, 2.75) is 0 Å². The highest BCUT2D eigenvalue weighted by molar-refractivity contribution is 7.11. The summed E-state index contributed by atoms with van der Waals surface area (Å²) in [4.78, 5) is 6.31. The molecule has 0 fully saturated rings. The van der Waals surface area contributed by atoms with Crippen LogP contribution >= 0.6 is 22.9 Å². The number of anilines is 1. The molecular weight excluding hydrogens is 410 g/mol. The van der Waals surface area contributed by atoms with Crippen molar-refractivity contribution in [3.05, 3.63) is 63.6 Å². The smallest absolute Gasteiger partial charge is 0.142 e. The third-order valence-electron chi connectivity index (χ3n) is 4.64. The quantitative estimate of drug-likeness (QED) is 0.581. The maximum Gasteiger partial charge on any atom is 0.142 e. The SMILES string of the molecule is COc1ccc(OC)c(N2CC(O)=C(c3nc(-c4ccc(Cl)cc4)cs3)C2=N)c1. The van der Waals surface area contributed by atoms with E-state index in [0.29, 0.717) is 32.8 Å². The standard InChI is InChI=1S/C21H18ClN3O3S/c1-27-14-7-8-18(28-2)16(9-14)25-10-17(26)19(20(25)23)21-24-15(11-29-21)12-3-5-13(22)6-4-12/h3-9,11,23,26H,10H2,1-2H3. The summed E-state index contributed by atoms with van der Waals surface area (Å²) in [7, 11) is 3.15. The van der Waals surface area contributed by atoms with Crippen LogP contribution in [0.5, 0.6) is 11.5 Å². The molecule has 4 rings (SSSR count). The Morgan fingerprint density at radius 3 is 2.59 bits per heavy atom. The van der Waals surface area contributed by atoms with Crippen LogP contribution in [0.15, 0.2) is 53.6 Å². The second-order valence-corrected chi connectivity index (χ2v) is 7.63. The van der Waals surface area contributed by atoms with Gasteiger partial charge in [0.1, 0.15) is 28.1 Å². The van der Waals surface area contributed by atoms with E-state index in [1.54, 1.807) is 49.5 Å². The largest absolute Gasteiger partial charge is 0.510 e. The molecule has 0 radical (unpaired) electrons. The Balaban J connectivity index is 1.66. The molecule has 0 amide bonds. The number of rotatable bonds is 5. The number of ether oxygens (including phenoxy) is 2. The summed E-state index contributed by atoms with van der Waals surface area (Å²) in [6.45, 7) is 0.160. The van der Waals surface area contributed by atoms with Crippen molar-refractivity contribution in [1.29, 1.82) is 5.41 Å². The van der Waals surface area contributed by atoms with Crippen molar-refractivity contribution in [2.24, 2.45) is 0 Å². The van der Waals surface area contributed by atoms with Gasteiger partial charge in [0.2, 0.25) is 0 Å². The van der Waals surface area contributed by atoms with E-state index in [1.165, 1.54) is 11.3 Å². The van der Waals surface area contributed by atoms with Gasteiger partial charge in [0, 0.05) is 22.0 Å². The van der Waals surface area contributed by atoms with Crippen LogP contribution in [0.25, 0.3) is 16.8 Å². The Morgan fingerprint density at radius 2 is 1.90 bits per heavy atom. The summed E-state index contributed by atoms with van der Waals surface area (Å²) < 4.78 is 10.7. The number of benzene rings is 2. The van der Waals surface area contributed by atoms with E-state index >= 15 is 0 Å². The van der Waals surface area contributed by atoms with Crippen molar-refractivity contribution >= 4 is 40.0 Å². The van der Waals surface area contributed by atoms with Crippen LogP contribution in [-0.2, 0) is 0 Å². The molecule has 0 spiro atoms. The highest BCUT2D eigenvalue weighted by Gasteiger charge is 2.33. The highest BCUT2D eigenvalue weighted by Crippen LogP contribution is 2.39. The Kier molecular flexibility index (Phi) is 5.17. The molecule has 29 heavy (non-hydrogen) atoms. The van der Waals surface area contributed by atoms with Gasteiger partial charge in [0.05, 0.1) is 37.7 Å². The first-order valence-electron chi connectivity index (χ1n) is 8.74. The van der Waals surface area contributed by atoms with Gasteiger partial charge in [-0.2, -0.15) is 0 Å². The van der Waals surface area contributed by atoms with Crippen LogP contribution in [0.2, 0.25) is 5.02 Å². The fourth-order valence-electron chi connectivity index (χ4n) is 3.16. The molecule has 0 aliphatic carbocycles. The summed E-state index contributed by atoms with van der Waals surface area (Å²) in [5.74, 6) is 1.48. The Hall–Kier alpha value is -3.03. The minimum absolute atomic E-state index is 0.0943. The van der Waals surface area contributed by atoms with Crippen LogP contribution in [0, 0.1) is 5.41 Å². The number of thiazole rings is 1. The van der Waals surface area contributed by atoms with Gasteiger partial charge in [-0.1, -0.05) is 23.7 Å². The lowest BCUT2D eigenvalue weighted by molar-refractivity contribution is 0.400.